The fraction of sp³-hybridized carbons (Fsp3) is 0.346. The van der Waals surface area contributed by atoms with Crippen molar-refractivity contribution >= 4 is 41.2 Å². The monoisotopic (exact) mass is 519 g/mol. The Balaban J connectivity index is 1.86. The van der Waals surface area contributed by atoms with Crippen LogP contribution in [0.25, 0.3) is 0 Å². The Kier molecular flexibility index (Phi) is 12.1. The minimum absolute atomic E-state index is 0.193. The summed E-state index contributed by atoms with van der Waals surface area (Å²) in [6.45, 7) is 8.25. The van der Waals surface area contributed by atoms with Crippen LogP contribution in [0.2, 0.25) is 10.0 Å². The molecule has 1 atom stereocenters. The Bertz CT molecular complexity index is 1030. The Morgan fingerprint density at radius 2 is 1.89 bits per heavy atom. The third kappa shape index (κ3) is 10.4. The molecule has 0 saturated carbocycles. The van der Waals surface area contributed by atoms with Crippen molar-refractivity contribution in [1.29, 1.82) is 0 Å². The average molecular weight is 520 g/mol. The fourth-order valence-corrected chi connectivity index (χ4v) is 3.55. The van der Waals surface area contributed by atoms with Gasteiger partial charge < -0.3 is 14.8 Å². The number of benzene rings is 2. The normalized spacial score (nSPS) is 11.8. The zero-order chi connectivity index (χ0) is 25.6. The van der Waals surface area contributed by atoms with Crippen LogP contribution in [0.4, 0.5) is 0 Å². The zero-order valence-electron chi connectivity index (χ0n) is 19.9. The highest BCUT2D eigenvalue weighted by Gasteiger charge is 2.21. The summed E-state index contributed by atoms with van der Waals surface area (Å²) in [6, 6.07) is 11.6. The number of carbonyl (C=O) groups excluding carboxylic acids is 2. The zero-order valence-corrected chi connectivity index (χ0v) is 21.4. The minimum atomic E-state index is -0.710. The van der Waals surface area contributed by atoms with Gasteiger partial charge >= 0.3 is 0 Å². The van der Waals surface area contributed by atoms with Crippen LogP contribution in [-0.2, 0) is 9.59 Å². The summed E-state index contributed by atoms with van der Waals surface area (Å²) in [6.07, 6.45) is 4.28. The molecule has 0 bridgehead atoms. The van der Waals surface area contributed by atoms with Crippen molar-refractivity contribution < 1.29 is 19.1 Å². The lowest BCUT2D eigenvalue weighted by atomic mass is 10.0. The first-order valence-corrected chi connectivity index (χ1v) is 12.1. The van der Waals surface area contributed by atoms with E-state index in [9.17, 15) is 9.59 Å². The molecule has 35 heavy (non-hydrogen) atoms. The molecular weight excluding hydrogens is 489 g/mol. The Morgan fingerprint density at radius 3 is 2.60 bits per heavy atom. The van der Waals surface area contributed by atoms with Crippen molar-refractivity contribution in [2.75, 3.05) is 13.2 Å². The van der Waals surface area contributed by atoms with Gasteiger partial charge in [0, 0.05) is 17.0 Å². The van der Waals surface area contributed by atoms with Gasteiger partial charge in [-0.1, -0.05) is 61.8 Å². The summed E-state index contributed by atoms with van der Waals surface area (Å²) in [5.74, 6) is 0.682. The van der Waals surface area contributed by atoms with Gasteiger partial charge in [-0.2, -0.15) is 5.10 Å². The van der Waals surface area contributed by atoms with E-state index in [0.29, 0.717) is 53.2 Å². The molecule has 2 aromatic carbocycles. The van der Waals surface area contributed by atoms with E-state index in [2.05, 4.69) is 22.4 Å². The molecule has 0 aliphatic rings. The van der Waals surface area contributed by atoms with Gasteiger partial charge in [0.25, 0.3) is 5.91 Å². The second kappa shape index (κ2) is 15.1. The third-order valence-corrected chi connectivity index (χ3v) is 5.24. The summed E-state index contributed by atoms with van der Waals surface area (Å²) >= 11 is 12.0. The van der Waals surface area contributed by atoms with Crippen LogP contribution in [0.1, 0.15) is 38.7 Å². The Hall–Kier alpha value is -3.03. The molecule has 0 saturated heterocycles. The van der Waals surface area contributed by atoms with Crippen molar-refractivity contribution in [3.63, 3.8) is 0 Å². The van der Waals surface area contributed by atoms with E-state index >= 15 is 0 Å². The summed E-state index contributed by atoms with van der Waals surface area (Å²) in [4.78, 5) is 25.2. The quantitative estimate of drug-likeness (QED) is 0.151. The topological polar surface area (TPSA) is 89.0 Å². The maximum atomic E-state index is 12.7. The lowest BCUT2D eigenvalue weighted by Gasteiger charge is -2.19. The standard InChI is InChI=1S/C26H31Cl2N3O4/c1-4-13-34-23-9-6-5-8-19(23)17-29-31-26(33)22(15-18(2)3)30-25(32)10-7-14-35-24-12-11-20(27)16-21(24)28/h4-6,8-9,11-12,16-18,22H,1,7,10,13-15H2,2-3H3,(H,30,32)(H,31,33)/b29-17-/t22-/m0/s1. The predicted molar refractivity (Wildman–Crippen MR) is 140 cm³/mol. The van der Waals surface area contributed by atoms with Crippen LogP contribution in [-0.4, -0.2) is 37.3 Å². The third-order valence-electron chi connectivity index (χ3n) is 4.71. The number of amides is 2. The average Bonchev–Trinajstić information content (AvgIpc) is 2.81. The molecule has 0 fully saturated rings. The number of hydrazone groups is 1. The van der Waals surface area contributed by atoms with Gasteiger partial charge in [-0.15, -0.1) is 0 Å². The molecule has 2 amide bonds. The summed E-state index contributed by atoms with van der Waals surface area (Å²) in [7, 11) is 0. The van der Waals surface area contributed by atoms with E-state index < -0.39 is 11.9 Å². The van der Waals surface area contributed by atoms with E-state index in [1.807, 2.05) is 32.0 Å². The van der Waals surface area contributed by atoms with Gasteiger partial charge in [-0.25, -0.2) is 5.43 Å². The number of nitrogens with one attached hydrogen (secondary N) is 2. The van der Waals surface area contributed by atoms with Crippen molar-refractivity contribution in [2.45, 2.75) is 39.2 Å². The first-order valence-electron chi connectivity index (χ1n) is 11.3. The highest BCUT2D eigenvalue weighted by Crippen LogP contribution is 2.27. The van der Waals surface area contributed by atoms with E-state index in [-0.39, 0.29) is 18.2 Å². The Labute approximate surface area is 216 Å². The molecular formula is C26H31Cl2N3O4. The van der Waals surface area contributed by atoms with Crippen LogP contribution >= 0.6 is 23.2 Å². The molecule has 9 heteroatoms. The first-order chi connectivity index (χ1) is 16.8. The molecule has 188 valence electrons. The number of hydrogen-bond donors (Lipinski definition) is 2. The van der Waals surface area contributed by atoms with Crippen LogP contribution < -0.4 is 20.2 Å². The van der Waals surface area contributed by atoms with Crippen molar-refractivity contribution in [3.05, 3.63) is 70.7 Å². The molecule has 0 aliphatic heterocycles. The van der Waals surface area contributed by atoms with Crippen molar-refractivity contribution in [1.82, 2.24) is 10.7 Å². The lowest BCUT2D eigenvalue weighted by molar-refractivity contribution is -0.129. The van der Waals surface area contributed by atoms with Gasteiger partial charge in [-0.05, 0) is 49.1 Å². The summed E-state index contributed by atoms with van der Waals surface area (Å²) in [5, 5.41) is 7.77. The van der Waals surface area contributed by atoms with E-state index in [1.54, 1.807) is 30.3 Å². The largest absolute Gasteiger partial charge is 0.492 e. The van der Waals surface area contributed by atoms with Gasteiger partial charge in [0.15, 0.2) is 0 Å². The fourth-order valence-electron chi connectivity index (χ4n) is 3.09. The summed E-state index contributed by atoms with van der Waals surface area (Å²) < 4.78 is 11.2. The van der Waals surface area contributed by atoms with Crippen LogP contribution in [0.5, 0.6) is 11.5 Å². The lowest BCUT2D eigenvalue weighted by Crippen LogP contribution is -2.46. The predicted octanol–water partition coefficient (Wildman–Crippen LogP) is 5.40. The van der Waals surface area contributed by atoms with E-state index in [4.69, 9.17) is 32.7 Å². The number of ether oxygens (including phenoxy) is 2. The highest BCUT2D eigenvalue weighted by atomic mass is 35.5. The second-order valence-electron chi connectivity index (χ2n) is 8.15. The number of halogens is 2. The second-order valence-corrected chi connectivity index (χ2v) is 8.99. The molecule has 0 radical (unpaired) electrons. The van der Waals surface area contributed by atoms with Crippen molar-refractivity contribution in [3.8, 4) is 11.5 Å². The van der Waals surface area contributed by atoms with Gasteiger partial charge in [0.1, 0.15) is 24.1 Å². The molecule has 0 aromatic heterocycles. The Morgan fingerprint density at radius 1 is 1.11 bits per heavy atom. The minimum Gasteiger partial charge on any atom is -0.492 e. The molecule has 2 aromatic rings. The highest BCUT2D eigenvalue weighted by molar-refractivity contribution is 6.35. The molecule has 0 aliphatic carbocycles. The smallest absolute Gasteiger partial charge is 0.262 e. The molecule has 0 heterocycles. The van der Waals surface area contributed by atoms with Crippen molar-refractivity contribution in [2.24, 2.45) is 11.0 Å². The number of rotatable bonds is 14. The van der Waals surface area contributed by atoms with E-state index in [0.717, 1.165) is 0 Å². The molecule has 7 nitrogen and oxygen atoms in total. The molecule has 0 unspecified atom stereocenters. The molecule has 2 rings (SSSR count). The maximum absolute atomic E-state index is 12.7. The van der Waals surface area contributed by atoms with E-state index in [1.165, 1.54) is 6.21 Å². The number of nitrogens with zero attached hydrogens (tertiary/aromatic N) is 1. The number of hydrogen-bond acceptors (Lipinski definition) is 5. The summed E-state index contributed by atoms with van der Waals surface area (Å²) in [5.41, 5.74) is 3.22. The van der Waals surface area contributed by atoms with Gasteiger partial charge in [-0.3, -0.25) is 9.59 Å². The molecule has 2 N–H and O–H groups in total. The number of carbonyl (C=O) groups is 2. The first kappa shape index (κ1) is 28.2. The van der Waals surface area contributed by atoms with Gasteiger partial charge in [0.2, 0.25) is 5.91 Å². The SMILES string of the molecule is C=CCOc1ccccc1/C=N\NC(=O)[C@H](CC(C)C)NC(=O)CCCOc1ccc(Cl)cc1Cl. The van der Waals surface area contributed by atoms with Crippen LogP contribution in [0.15, 0.2) is 60.2 Å². The number of para-hydroxylation sites is 1. The molecule has 0 spiro atoms. The van der Waals surface area contributed by atoms with Crippen LogP contribution in [0, 0.1) is 5.92 Å². The van der Waals surface area contributed by atoms with Crippen LogP contribution in [0.3, 0.4) is 0 Å². The maximum Gasteiger partial charge on any atom is 0.262 e. The van der Waals surface area contributed by atoms with Gasteiger partial charge in [0.05, 0.1) is 17.8 Å².